The summed E-state index contributed by atoms with van der Waals surface area (Å²) in [5, 5.41) is 19.2. The summed E-state index contributed by atoms with van der Waals surface area (Å²) < 4.78 is 0. The van der Waals surface area contributed by atoms with Gasteiger partial charge in [0.05, 0.1) is 5.52 Å². The molecule has 0 radical (unpaired) electrons. The Balaban J connectivity index is 1.08. The van der Waals surface area contributed by atoms with Gasteiger partial charge in [-0.15, -0.1) is 0 Å². The van der Waals surface area contributed by atoms with Crippen LogP contribution in [0.4, 0.5) is 0 Å². The molecule has 0 bridgehead atoms. The van der Waals surface area contributed by atoms with Gasteiger partial charge < -0.3 is 0 Å². The van der Waals surface area contributed by atoms with E-state index < -0.39 is 0 Å². The number of allylic oxidation sites excluding steroid dienone is 2. The molecule has 11 rings (SSSR count). The van der Waals surface area contributed by atoms with Gasteiger partial charge in [0.25, 0.3) is 0 Å². The summed E-state index contributed by atoms with van der Waals surface area (Å²) in [6, 6.07) is 55.9. The molecule has 0 saturated carbocycles. The number of aromatic nitrogens is 1. The number of benzene rings is 10. The van der Waals surface area contributed by atoms with Crippen LogP contribution in [-0.2, 0) is 0 Å². The fourth-order valence-electron chi connectivity index (χ4n) is 9.09. The summed E-state index contributed by atoms with van der Waals surface area (Å²) in [6.07, 6.45) is 6.19. The summed E-state index contributed by atoms with van der Waals surface area (Å²) in [7, 11) is 0. The second-order valence-electron chi connectivity index (χ2n) is 14.3. The first-order valence-corrected chi connectivity index (χ1v) is 18.3. The van der Waals surface area contributed by atoms with Crippen molar-refractivity contribution in [3.8, 4) is 11.1 Å². The third kappa shape index (κ3) is 4.35. The molecule has 0 spiro atoms. The quantitative estimate of drug-likeness (QED) is 0.103. The Bertz CT molecular complexity index is 3310. The van der Waals surface area contributed by atoms with Crippen molar-refractivity contribution in [1.29, 1.82) is 0 Å². The van der Waals surface area contributed by atoms with Gasteiger partial charge in [-0.2, -0.15) is 0 Å². The van der Waals surface area contributed by atoms with Crippen molar-refractivity contribution in [3.63, 3.8) is 0 Å². The highest BCUT2D eigenvalue weighted by Gasteiger charge is 2.18. The third-order valence-corrected chi connectivity index (χ3v) is 11.6. The van der Waals surface area contributed by atoms with E-state index in [4.69, 9.17) is 0 Å². The lowest BCUT2D eigenvalue weighted by atomic mass is 9.85. The summed E-state index contributed by atoms with van der Waals surface area (Å²) in [6.45, 7) is 6.71. The normalized spacial score (nSPS) is 12.2. The van der Waals surface area contributed by atoms with Crippen molar-refractivity contribution in [3.05, 3.63) is 187 Å². The van der Waals surface area contributed by atoms with E-state index in [1.807, 2.05) is 12.3 Å². The molecule has 0 unspecified atom stereocenters. The molecule has 0 fully saturated rings. The smallest absolute Gasteiger partial charge is 0.0737 e. The van der Waals surface area contributed by atoms with Gasteiger partial charge in [0.15, 0.2) is 0 Å². The molecular weight excluding hydrogens is 639 g/mol. The van der Waals surface area contributed by atoms with Crippen LogP contribution >= 0.6 is 0 Å². The lowest BCUT2D eigenvalue weighted by Gasteiger charge is -2.18. The maximum absolute atomic E-state index is 4.64. The van der Waals surface area contributed by atoms with Crippen molar-refractivity contribution in [2.45, 2.75) is 6.92 Å². The molecule has 0 saturated heterocycles. The molecule has 10 aromatic carbocycles. The van der Waals surface area contributed by atoms with Crippen LogP contribution < -0.4 is 0 Å². The van der Waals surface area contributed by atoms with Crippen molar-refractivity contribution < 1.29 is 0 Å². The zero-order valence-electron chi connectivity index (χ0n) is 29.3. The Morgan fingerprint density at radius 1 is 0.491 bits per heavy atom. The van der Waals surface area contributed by atoms with Crippen LogP contribution in [0.1, 0.15) is 16.7 Å². The first-order chi connectivity index (χ1) is 26.1. The minimum absolute atomic E-state index is 0.991. The molecule has 1 aromatic heterocycles. The van der Waals surface area contributed by atoms with Gasteiger partial charge in [-0.25, -0.2) is 0 Å². The van der Waals surface area contributed by atoms with Gasteiger partial charge in [-0.05, 0) is 128 Å². The molecule has 1 heterocycles. The number of rotatable bonds is 4. The van der Waals surface area contributed by atoms with Crippen molar-refractivity contribution in [2.24, 2.45) is 0 Å². The fraction of sp³-hybridized carbons (Fsp3) is 0.0192. The molecule has 0 atom stereocenters. The highest BCUT2D eigenvalue weighted by molar-refractivity contribution is 6.35. The van der Waals surface area contributed by atoms with Gasteiger partial charge in [0, 0.05) is 11.6 Å². The van der Waals surface area contributed by atoms with Crippen molar-refractivity contribution >= 4 is 98.0 Å². The van der Waals surface area contributed by atoms with Crippen LogP contribution in [0.2, 0.25) is 0 Å². The van der Waals surface area contributed by atoms with E-state index in [0.717, 1.165) is 27.6 Å². The second-order valence-corrected chi connectivity index (χ2v) is 14.3. The average molecular weight is 672 g/mol. The average Bonchev–Trinajstić information content (AvgIpc) is 3.22. The second kappa shape index (κ2) is 11.3. The topological polar surface area (TPSA) is 12.9 Å². The Labute approximate surface area is 307 Å². The van der Waals surface area contributed by atoms with Crippen LogP contribution in [-0.4, -0.2) is 4.98 Å². The van der Waals surface area contributed by atoms with E-state index in [2.05, 4.69) is 176 Å². The first kappa shape index (κ1) is 29.9. The number of pyridine rings is 1. The maximum Gasteiger partial charge on any atom is 0.0737 e. The summed E-state index contributed by atoms with van der Waals surface area (Å²) >= 11 is 0. The van der Waals surface area contributed by atoms with Gasteiger partial charge in [-0.1, -0.05) is 158 Å². The van der Waals surface area contributed by atoms with Gasteiger partial charge in [0.1, 0.15) is 0 Å². The SMILES string of the molecule is C=C(/C=C\c1ccc2cccnc2c1C)c1ccc2c3ccc(-c4ccc5c6ccccc6c6ccccc6c5c4)c4cccc(c5cccc1c52)c43. The Hall–Kier alpha value is -6.83. The van der Waals surface area contributed by atoms with E-state index >= 15 is 0 Å². The van der Waals surface area contributed by atoms with Crippen LogP contribution in [0.5, 0.6) is 0 Å². The molecule has 246 valence electrons. The van der Waals surface area contributed by atoms with Crippen LogP contribution in [0.25, 0.3) is 109 Å². The molecule has 0 N–H and O–H groups in total. The Kier molecular flexibility index (Phi) is 6.39. The number of hydrogen-bond donors (Lipinski definition) is 0. The maximum atomic E-state index is 4.64. The van der Waals surface area contributed by atoms with Crippen LogP contribution in [0.15, 0.2) is 171 Å². The molecule has 11 aromatic rings. The molecule has 53 heavy (non-hydrogen) atoms. The lowest BCUT2D eigenvalue weighted by Crippen LogP contribution is -1.92. The van der Waals surface area contributed by atoms with Gasteiger partial charge in [-0.3, -0.25) is 4.98 Å². The molecule has 0 aliphatic rings. The van der Waals surface area contributed by atoms with E-state index in [-0.39, 0.29) is 0 Å². The van der Waals surface area contributed by atoms with E-state index in [9.17, 15) is 0 Å². The monoisotopic (exact) mass is 671 g/mol. The van der Waals surface area contributed by atoms with E-state index in [1.165, 1.54) is 92.1 Å². The van der Waals surface area contributed by atoms with E-state index in [1.54, 1.807) is 0 Å². The molecule has 0 aliphatic heterocycles. The Morgan fingerprint density at radius 3 is 1.79 bits per heavy atom. The zero-order chi connectivity index (χ0) is 35.2. The van der Waals surface area contributed by atoms with E-state index in [0.29, 0.717) is 0 Å². The first-order valence-electron chi connectivity index (χ1n) is 18.3. The van der Waals surface area contributed by atoms with Gasteiger partial charge in [0.2, 0.25) is 0 Å². The summed E-state index contributed by atoms with van der Waals surface area (Å²) in [5.74, 6) is 0. The number of nitrogens with zero attached hydrogens (tertiary/aromatic N) is 1. The molecular formula is C52H33N. The van der Waals surface area contributed by atoms with Gasteiger partial charge >= 0.3 is 0 Å². The fourth-order valence-corrected chi connectivity index (χ4v) is 9.09. The van der Waals surface area contributed by atoms with Crippen LogP contribution in [0, 0.1) is 6.92 Å². The van der Waals surface area contributed by atoms with Crippen molar-refractivity contribution in [1.82, 2.24) is 4.98 Å². The number of hydrogen-bond acceptors (Lipinski definition) is 1. The molecule has 1 heteroatoms. The predicted octanol–water partition coefficient (Wildman–Crippen LogP) is 14.4. The zero-order valence-corrected chi connectivity index (χ0v) is 29.3. The number of aryl methyl sites for hydroxylation is 1. The Morgan fingerprint density at radius 2 is 1.06 bits per heavy atom. The molecule has 0 amide bonds. The lowest BCUT2D eigenvalue weighted by molar-refractivity contribution is 1.36. The summed E-state index contributed by atoms with van der Waals surface area (Å²) in [5.41, 5.74) is 8.02. The number of fused-ring (bicyclic) bond motifs is 9. The minimum Gasteiger partial charge on any atom is -0.256 e. The van der Waals surface area contributed by atoms with Crippen LogP contribution in [0.3, 0.4) is 0 Å². The largest absolute Gasteiger partial charge is 0.256 e. The molecule has 1 nitrogen and oxygen atoms in total. The third-order valence-electron chi connectivity index (χ3n) is 11.6. The molecule has 0 aliphatic carbocycles. The van der Waals surface area contributed by atoms with Crippen molar-refractivity contribution in [2.75, 3.05) is 0 Å². The highest BCUT2D eigenvalue weighted by Crippen LogP contribution is 2.45. The standard InChI is InChI=1S/C52H33N/c1-31(19-20-33-21-22-34-10-9-29-53-52(34)32(33)2)36-25-27-47-48-28-26-37(44-16-8-18-46(51(44)48)45-17-7-15-43(36)50(45)47)35-23-24-42-40-13-4-3-11-38(40)39-12-5-6-14-41(39)49(42)30-35/h3-30H,1H2,2H3/b20-19-. The predicted molar refractivity (Wildman–Crippen MR) is 230 cm³/mol. The highest BCUT2D eigenvalue weighted by atomic mass is 14.6. The summed E-state index contributed by atoms with van der Waals surface area (Å²) in [4.78, 5) is 4.64. The minimum atomic E-state index is 0.991.